The average Bonchev–Trinajstić information content (AvgIpc) is 3.08. The zero-order valence-electron chi connectivity index (χ0n) is 16.8. The van der Waals surface area contributed by atoms with Crippen LogP contribution < -0.4 is 10.0 Å². The number of anilines is 1. The molecule has 0 fully saturated rings. The molecule has 1 amide bonds. The number of hydrogen-bond acceptors (Lipinski definition) is 7. The molecule has 1 heterocycles. The molecule has 2 N–H and O–H groups in total. The summed E-state index contributed by atoms with van der Waals surface area (Å²) in [5, 5.41) is 6.62. The fraction of sp³-hybridized carbons (Fsp3) is 0.500. The van der Waals surface area contributed by atoms with Crippen LogP contribution >= 0.6 is 0 Å². The van der Waals surface area contributed by atoms with Gasteiger partial charge in [-0.1, -0.05) is 12.1 Å². The number of carbonyl (C=O) groups is 1. The number of sulfonamides is 1. The molecular weight excluding hydrogens is 382 g/mol. The minimum atomic E-state index is -3.56. The highest BCUT2D eigenvalue weighted by atomic mass is 32.2. The molecule has 0 saturated carbocycles. The predicted octanol–water partition coefficient (Wildman–Crippen LogP) is 1.78. The van der Waals surface area contributed by atoms with Gasteiger partial charge in [0.15, 0.2) is 5.82 Å². The van der Waals surface area contributed by atoms with Gasteiger partial charge in [0.2, 0.25) is 21.8 Å². The summed E-state index contributed by atoms with van der Waals surface area (Å²) in [7, 11) is -1.78. The molecule has 2 rings (SSSR count). The van der Waals surface area contributed by atoms with E-state index in [1.54, 1.807) is 44.9 Å². The van der Waals surface area contributed by atoms with Crippen molar-refractivity contribution in [2.45, 2.75) is 57.6 Å². The third-order valence-electron chi connectivity index (χ3n) is 4.07. The van der Waals surface area contributed by atoms with Gasteiger partial charge in [-0.3, -0.25) is 9.69 Å². The number of likely N-dealkylation sites (N-methyl/N-ethyl adjacent to an activating group) is 1. The molecule has 0 bridgehead atoms. The van der Waals surface area contributed by atoms with Crippen molar-refractivity contribution in [1.82, 2.24) is 19.8 Å². The molecule has 1 aromatic heterocycles. The normalized spacial score (nSPS) is 13.1. The molecule has 1 unspecified atom stereocenters. The highest BCUT2D eigenvalue weighted by Gasteiger charge is 2.21. The van der Waals surface area contributed by atoms with E-state index in [9.17, 15) is 13.2 Å². The van der Waals surface area contributed by atoms with Crippen LogP contribution in [0.4, 0.5) is 5.69 Å². The van der Waals surface area contributed by atoms with E-state index in [2.05, 4.69) is 20.2 Å². The molecule has 0 aliphatic carbocycles. The molecule has 10 heteroatoms. The Kier molecular flexibility index (Phi) is 7.28. The van der Waals surface area contributed by atoms with E-state index >= 15 is 0 Å². The Hall–Kier alpha value is -2.30. The van der Waals surface area contributed by atoms with Crippen molar-refractivity contribution in [1.29, 1.82) is 0 Å². The first-order valence-corrected chi connectivity index (χ1v) is 10.6. The number of rotatable bonds is 9. The molecule has 1 atom stereocenters. The van der Waals surface area contributed by atoms with Gasteiger partial charge in [0.1, 0.15) is 0 Å². The van der Waals surface area contributed by atoms with Gasteiger partial charge in [0.05, 0.1) is 17.5 Å². The van der Waals surface area contributed by atoms with Crippen molar-refractivity contribution in [3.05, 3.63) is 36.0 Å². The van der Waals surface area contributed by atoms with E-state index in [1.165, 1.54) is 12.1 Å². The first-order chi connectivity index (χ1) is 13.1. The summed E-state index contributed by atoms with van der Waals surface area (Å²) in [6.45, 7) is 7.55. The van der Waals surface area contributed by atoms with Gasteiger partial charge in [-0.05, 0) is 52.1 Å². The van der Waals surface area contributed by atoms with Crippen LogP contribution in [0.15, 0.2) is 33.7 Å². The highest BCUT2D eigenvalue weighted by Crippen LogP contribution is 2.15. The van der Waals surface area contributed by atoms with E-state index < -0.39 is 16.1 Å². The second kappa shape index (κ2) is 9.26. The molecule has 0 spiro atoms. The van der Waals surface area contributed by atoms with Crippen molar-refractivity contribution in [2.24, 2.45) is 0 Å². The number of benzene rings is 1. The molecule has 0 radical (unpaired) electrons. The number of aromatic nitrogens is 2. The topological polar surface area (TPSA) is 117 Å². The Labute approximate surface area is 165 Å². The summed E-state index contributed by atoms with van der Waals surface area (Å²) < 4.78 is 32.0. The average molecular weight is 410 g/mol. The second-order valence-electron chi connectivity index (χ2n) is 6.84. The van der Waals surface area contributed by atoms with E-state index in [1.807, 2.05) is 6.92 Å². The van der Waals surface area contributed by atoms with E-state index in [4.69, 9.17) is 4.52 Å². The fourth-order valence-electron chi connectivity index (χ4n) is 2.39. The molecule has 1 aromatic carbocycles. The summed E-state index contributed by atoms with van der Waals surface area (Å²) in [5.74, 6) is 0.849. The second-order valence-corrected chi connectivity index (χ2v) is 8.55. The summed E-state index contributed by atoms with van der Waals surface area (Å²) in [6.07, 6.45) is 0.682. The van der Waals surface area contributed by atoms with Crippen LogP contribution in [0.3, 0.4) is 0 Å². The fourth-order valence-corrected chi connectivity index (χ4v) is 3.64. The van der Waals surface area contributed by atoms with Gasteiger partial charge in [-0.25, -0.2) is 13.1 Å². The van der Waals surface area contributed by atoms with Crippen molar-refractivity contribution in [3.8, 4) is 0 Å². The van der Waals surface area contributed by atoms with Crippen LogP contribution in [0.2, 0.25) is 0 Å². The number of nitrogens with one attached hydrogen (secondary N) is 2. The van der Waals surface area contributed by atoms with Crippen LogP contribution in [0.25, 0.3) is 0 Å². The van der Waals surface area contributed by atoms with E-state index in [0.717, 1.165) is 0 Å². The first-order valence-electron chi connectivity index (χ1n) is 9.07. The lowest BCUT2D eigenvalue weighted by Gasteiger charge is -2.22. The Morgan fingerprint density at radius 2 is 1.86 bits per heavy atom. The molecule has 28 heavy (non-hydrogen) atoms. The zero-order valence-corrected chi connectivity index (χ0v) is 17.6. The number of aryl methyl sites for hydroxylation is 1. The number of carbonyl (C=O) groups excluding carboxylic acids is 1. The maximum atomic E-state index is 12.5. The SMILES string of the molecule is CCc1noc(CN(C)C(C)C(=O)Nc2ccc(S(=O)(=O)NC(C)C)cc2)n1. The monoisotopic (exact) mass is 409 g/mol. The molecule has 0 aliphatic rings. The van der Waals surface area contributed by atoms with Gasteiger partial charge in [0, 0.05) is 18.2 Å². The van der Waals surface area contributed by atoms with E-state index in [0.29, 0.717) is 30.4 Å². The number of nitrogens with zero attached hydrogens (tertiary/aromatic N) is 3. The Balaban J connectivity index is 1.97. The lowest BCUT2D eigenvalue weighted by atomic mass is 10.2. The van der Waals surface area contributed by atoms with Crippen molar-refractivity contribution >= 4 is 21.6 Å². The van der Waals surface area contributed by atoms with Crippen molar-refractivity contribution < 1.29 is 17.7 Å². The Bertz CT molecular complexity index is 893. The molecule has 0 aliphatic heterocycles. The molecule has 2 aromatic rings. The minimum Gasteiger partial charge on any atom is -0.338 e. The van der Waals surface area contributed by atoms with Crippen LogP contribution in [0.5, 0.6) is 0 Å². The van der Waals surface area contributed by atoms with Gasteiger partial charge < -0.3 is 9.84 Å². The largest absolute Gasteiger partial charge is 0.338 e. The third kappa shape index (κ3) is 5.85. The highest BCUT2D eigenvalue weighted by molar-refractivity contribution is 7.89. The summed E-state index contributed by atoms with van der Waals surface area (Å²) >= 11 is 0. The first kappa shape index (κ1) is 22.0. The van der Waals surface area contributed by atoms with Crippen LogP contribution in [-0.2, 0) is 27.8 Å². The smallest absolute Gasteiger partial charge is 0.241 e. The summed E-state index contributed by atoms with van der Waals surface area (Å²) in [6, 6.07) is 5.38. The van der Waals surface area contributed by atoms with Gasteiger partial charge in [0.25, 0.3) is 0 Å². The lowest BCUT2D eigenvalue weighted by molar-refractivity contribution is -0.120. The van der Waals surface area contributed by atoms with Crippen LogP contribution in [0, 0.1) is 0 Å². The molecule has 154 valence electrons. The molecular formula is C18H27N5O4S. The third-order valence-corrected chi connectivity index (χ3v) is 5.75. The zero-order chi connectivity index (χ0) is 20.9. The minimum absolute atomic E-state index is 0.146. The van der Waals surface area contributed by atoms with Gasteiger partial charge in [-0.15, -0.1) is 0 Å². The van der Waals surface area contributed by atoms with Crippen LogP contribution in [0.1, 0.15) is 39.4 Å². The standard InChI is InChI=1S/C18H27N5O4S/c1-6-16-20-17(27-21-16)11-23(5)13(4)18(24)19-14-7-9-15(10-8-14)28(25,26)22-12(2)3/h7-10,12-13,22H,6,11H2,1-5H3,(H,19,24). The lowest BCUT2D eigenvalue weighted by Crippen LogP contribution is -2.39. The molecule has 0 saturated heterocycles. The summed E-state index contributed by atoms with van der Waals surface area (Å²) in [5.41, 5.74) is 0.514. The molecule has 9 nitrogen and oxygen atoms in total. The van der Waals surface area contributed by atoms with Gasteiger partial charge in [-0.2, -0.15) is 4.98 Å². The maximum Gasteiger partial charge on any atom is 0.241 e. The van der Waals surface area contributed by atoms with Crippen LogP contribution in [-0.4, -0.2) is 48.5 Å². The van der Waals surface area contributed by atoms with E-state index in [-0.39, 0.29) is 16.8 Å². The number of hydrogen-bond donors (Lipinski definition) is 2. The van der Waals surface area contributed by atoms with Gasteiger partial charge >= 0.3 is 0 Å². The van der Waals surface area contributed by atoms with Crippen molar-refractivity contribution in [3.63, 3.8) is 0 Å². The number of amides is 1. The maximum absolute atomic E-state index is 12.5. The Morgan fingerprint density at radius 3 is 2.39 bits per heavy atom. The summed E-state index contributed by atoms with van der Waals surface area (Å²) in [4.78, 5) is 18.6. The van der Waals surface area contributed by atoms with Crippen molar-refractivity contribution in [2.75, 3.05) is 12.4 Å². The Morgan fingerprint density at radius 1 is 1.21 bits per heavy atom. The quantitative estimate of drug-likeness (QED) is 0.648. The predicted molar refractivity (Wildman–Crippen MR) is 105 cm³/mol.